The minimum atomic E-state index is -1.42. The minimum absolute atomic E-state index is 0.0252. The second-order valence-electron chi connectivity index (χ2n) is 8.96. The van der Waals surface area contributed by atoms with E-state index in [4.69, 9.17) is 9.47 Å². The molecule has 180 valence electrons. The van der Waals surface area contributed by atoms with Crippen molar-refractivity contribution in [2.75, 3.05) is 32.8 Å². The number of carboxylic acid groups (broad SMARTS) is 1. The van der Waals surface area contributed by atoms with Gasteiger partial charge in [-0.15, -0.1) is 0 Å². The predicted molar refractivity (Wildman–Crippen MR) is 125 cm³/mol. The molecule has 2 aromatic rings. The molecule has 2 unspecified atom stereocenters. The zero-order chi connectivity index (χ0) is 24.3. The van der Waals surface area contributed by atoms with Gasteiger partial charge in [0.2, 0.25) is 5.91 Å². The van der Waals surface area contributed by atoms with E-state index in [0.717, 1.165) is 22.3 Å². The number of fused-ring (bicyclic) bond motifs is 3. The molecule has 1 aliphatic heterocycles. The SMILES string of the molecule is CCC(CNC(=O)OCC1c2ccccc2-c2ccccc21)C(=O)N1CCOC(C)(C(=O)O)C1. The Labute approximate surface area is 198 Å². The zero-order valence-electron chi connectivity index (χ0n) is 19.5. The molecule has 8 heteroatoms. The molecule has 8 nitrogen and oxygen atoms in total. The lowest BCUT2D eigenvalue weighted by atomic mass is 9.98. The van der Waals surface area contributed by atoms with Gasteiger partial charge in [0.1, 0.15) is 6.61 Å². The quantitative estimate of drug-likeness (QED) is 0.649. The molecule has 1 aliphatic carbocycles. The Hall–Kier alpha value is -3.39. The number of carbonyl (C=O) groups is 3. The van der Waals surface area contributed by atoms with E-state index in [1.54, 1.807) is 0 Å². The Morgan fingerprint density at radius 3 is 2.35 bits per heavy atom. The lowest BCUT2D eigenvalue weighted by molar-refractivity contribution is -0.178. The van der Waals surface area contributed by atoms with Crippen molar-refractivity contribution in [2.45, 2.75) is 31.8 Å². The highest BCUT2D eigenvalue weighted by Crippen LogP contribution is 2.44. The van der Waals surface area contributed by atoms with Gasteiger partial charge in [-0.25, -0.2) is 9.59 Å². The van der Waals surface area contributed by atoms with Gasteiger partial charge in [0, 0.05) is 19.0 Å². The second-order valence-corrected chi connectivity index (χ2v) is 8.96. The number of morpholine rings is 1. The molecule has 2 amide bonds. The molecule has 1 fully saturated rings. The number of ether oxygens (including phenoxy) is 2. The first kappa shape index (κ1) is 23.8. The van der Waals surface area contributed by atoms with Crippen LogP contribution in [0.25, 0.3) is 11.1 Å². The molecule has 34 heavy (non-hydrogen) atoms. The van der Waals surface area contributed by atoms with E-state index in [1.807, 2.05) is 31.2 Å². The summed E-state index contributed by atoms with van der Waals surface area (Å²) in [5.41, 5.74) is 3.15. The summed E-state index contributed by atoms with van der Waals surface area (Å²) < 4.78 is 10.9. The van der Waals surface area contributed by atoms with Gasteiger partial charge >= 0.3 is 12.1 Å². The van der Waals surface area contributed by atoms with E-state index in [0.29, 0.717) is 13.0 Å². The van der Waals surface area contributed by atoms with Crippen LogP contribution in [0, 0.1) is 5.92 Å². The van der Waals surface area contributed by atoms with Crippen LogP contribution in [-0.4, -0.2) is 66.4 Å². The maximum atomic E-state index is 13.0. The molecular weight excluding hydrogens is 436 g/mol. The molecular formula is C26H30N2O6. The van der Waals surface area contributed by atoms with Gasteiger partial charge in [-0.3, -0.25) is 4.79 Å². The number of carboxylic acids is 1. The van der Waals surface area contributed by atoms with E-state index in [-0.39, 0.29) is 38.1 Å². The van der Waals surface area contributed by atoms with Crippen LogP contribution in [0.5, 0.6) is 0 Å². The first-order chi connectivity index (χ1) is 16.3. The van der Waals surface area contributed by atoms with Crippen LogP contribution in [0.2, 0.25) is 0 Å². The number of nitrogens with one attached hydrogen (secondary N) is 1. The van der Waals surface area contributed by atoms with Gasteiger partial charge in [0.05, 0.1) is 19.1 Å². The summed E-state index contributed by atoms with van der Waals surface area (Å²) in [6.45, 7) is 4.10. The van der Waals surface area contributed by atoms with Gasteiger partial charge in [-0.2, -0.15) is 0 Å². The topological polar surface area (TPSA) is 105 Å². The highest BCUT2D eigenvalue weighted by Gasteiger charge is 2.41. The second kappa shape index (κ2) is 9.85. The van der Waals surface area contributed by atoms with E-state index in [2.05, 4.69) is 29.6 Å². The van der Waals surface area contributed by atoms with Crippen molar-refractivity contribution in [1.82, 2.24) is 10.2 Å². The van der Waals surface area contributed by atoms with Crippen molar-refractivity contribution in [3.8, 4) is 11.1 Å². The third-order valence-electron chi connectivity index (χ3n) is 6.72. The van der Waals surface area contributed by atoms with Gasteiger partial charge < -0.3 is 24.8 Å². The fourth-order valence-corrected chi connectivity index (χ4v) is 4.71. The highest BCUT2D eigenvalue weighted by atomic mass is 16.5. The number of aliphatic carboxylic acids is 1. The number of nitrogens with zero attached hydrogens (tertiary/aromatic N) is 1. The molecule has 0 saturated carbocycles. The molecule has 0 radical (unpaired) electrons. The molecule has 4 rings (SSSR count). The smallest absolute Gasteiger partial charge is 0.407 e. The van der Waals surface area contributed by atoms with Crippen molar-refractivity contribution in [3.63, 3.8) is 0 Å². The van der Waals surface area contributed by atoms with Crippen LogP contribution in [0.1, 0.15) is 37.3 Å². The number of hydrogen-bond acceptors (Lipinski definition) is 5. The number of benzene rings is 2. The number of rotatable bonds is 7. The molecule has 0 bridgehead atoms. The number of carbonyl (C=O) groups excluding carboxylic acids is 2. The van der Waals surface area contributed by atoms with Crippen LogP contribution < -0.4 is 5.32 Å². The molecule has 1 saturated heterocycles. The summed E-state index contributed by atoms with van der Waals surface area (Å²) >= 11 is 0. The average molecular weight is 467 g/mol. The monoisotopic (exact) mass is 466 g/mol. The molecule has 0 aromatic heterocycles. The lowest BCUT2D eigenvalue weighted by Crippen LogP contribution is -2.57. The summed E-state index contributed by atoms with van der Waals surface area (Å²) in [5, 5.41) is 12.1. The molecule has 2 aromatic carbocycles. The van der Waals surface area contributed by atoms with Crippen LogP contribution >= 0.6 is 0 Å². The third-order valence-corrected chi connectivity index (χ3v) is 6.72. The van der Waals surface area contributed by atoms with Crippen molar-refractivity contribution >= 4 is 18.0 Å². The largest absolute Gasteiger partial charge is 0.479 e. The highest BCUT2D eigenvalue weighted by molar-refractivity contribution is 5.83. The Morgan fingerprint density at radius 1 is 1.15 bits per heavy atom. The Morgan fingerprint density at radius 2 is 1.76 bits per heavy atom. The summed E-state index contributed by atoms with van der Waals surface area (Å²) in [7, 11) is 0. The maximum absolute atomic E-state index is 13.0. The third kappa shape index (κ3) is 4.63. The van der Waals surface area contributed by atoms with E-state index in [1.165, 1.54) is 11.8 Å². The van der Waals surface area contributed by atoms with Crippen molar-refractivity contribution in [1.29, 1.82) is 0 Å². The summed E-state index contributed by atoms with van der Waals surface area (Å²) in [4.78, 5) is 38.5. The first-order valence-corrected chi connectivity index (χ1v) is 11.6. The Balaban J connectivity index is 1.33. The maximum Gasteiger partial charge on any atom is 0.407 e. The number of hydrogen-bond donors (Lipinski definition) is 2. The minimum Gasteiger partial charge on any atom is -0.479 e. The summed E-state index contributed by atoms with van der Waals surface area (Å²) in [6, 6.07) is 16.2. The lowest BCUT2D eigenvalue weighted by Gasteiger charge is -2.38. The molecule has 0 spiro atoms. The fourth-order valence-electron chi connectivity index (χ4n) is 4.71. The number of amides is 2. The predicted octanol–water partition coefficient (Wildman–Crippen LogP) is 3.25. The first-order valence-electron chi connectivity index (χ1n) is 11.6. The Kier molecular flexibility index (Phi) is 6.88. The molecule has 2 atom stereocenters. The van der Waals surface area contributed by atoms with Crippen LogP contribution in [0.4, 0.5) is 4.79 Å². The average Bonchev–Trinajstić information content (AvgIpc) is 3.16. The standard InChI is InChI=1S/C26H30N2O6/c1-3-17(23(29)28-12-13-34-26(2,16-28)24(30)31)14-27-25(32)33-15-22-20-10-6-4-8-18(20)19-9-5-7-11-21(19)22/h4-11,17,22H,3,12-16H2,1-2H3,(H,27,32)(H,30,31). The van der Waals surface area contributed by atoms with Crippen molar-refractivity contribution in [2.24, 2.45) is 5.92 Å². The van der Waals surface area contributed by atoms with Crippen LogP contribution in [-0.2, 0) is 19.1 Å². The van der Waals surface area contributed by atoms with E-state index < -0.39 is 23.6 Å². The Bertz CT molecular complexity index is 1040. The van der Waals surface area contributed by atoms with Gasteiger partial charge in [-0.05, 0) is 35.6 Å². The molecule has 2 aliphatic rings. The molecule has 1 heterocycles. The van der Waals surface area contributed by atoms with Gasteiger partial charge in [-0.1, -0.05) is 55.5 Å². The normalized spacial score (nSPS) is 20.2. The number of alkyl carbamates (subject to hydrolysis) is 1. The van der Waals surface area contributed by atoms with Gasteiger partial charge in [0.15, 0.2) is 5.60 Å². The van der Waals surface area contributed by atoms with E-state index in [9.17, 15) is 19.5 Å². The van der Waals surface area contributed by atoms with Crippen molar-refractivity contribution < 1.29 is 29.0 Å². The summed E-state index contributed by atoms with van der Waals surface area (Å²) in [5.74, 6) is -1.81. The van der Waals surface area contributed by atoms with Crippen molar-refractivity contribution in [3.05, 3.63) is 59.7 Å². The molecule has 2 N–H and O–H groups in total. The summed E-state index contributed by atoms with van der Waals surface area (Å²) in [6.07, 6.45) is -0.0747. The van der Waals surface area contributed by atoms with Crippen LogP contribution in [0.15, 0.2) is 48.5 Å². The van der Waals surface area contributed by atoms with Crippen LogP contribution in [0.3, 0.4) is 0 Å². The van der Waals surface area contributed by atoms with E-state index >= 15 is 0 Å². The fraction of sp³-hybridized carbons (Fsp3) is 0.423. The van der Waals surface area contributed by atoms with Gasteiger partial charge in [0.25, 0.3) is 0 Å². The zero-order valence-corrected chi connectivity index (χ0v) is 19.5.